The molecule has 0 aromatic heterocycles. The Morgan fingerprint density at radius 1 is 1.40 bits per heavy atom. The first kappa shape index (κ1) is 6.35. The van der Waals surface area contributed by atoms with Crippen LogP contribution in [0.2, 0.25) is 0 Å². The molecule has 0 spiro atoms. The zero-order valence-electron chi connectivity index (χ0n) is 6.34. The lowest BCUT2D eigenvalue weighted by molar-refractivity contribution is -0.135. The van der Waals surface area contributed by atoms with Crippen LogP contribution in [0.25, 0.3) is 0 Å². The van der Waals surface area contributed by atoms with Gasteiger partial charge in [-0.3, -0.25) is 9.69 Å². The fourth-order valence-electron chi connectivity index (χ4n) is 2.09. The third-order valence-corrected chi connectivity index (χ3v) is 2.89. The quantitative estimate of drug-likeness (QED) is 0.491. The molecule has 2 heteroatoms. The summed E-state index contributed by atoms with van der Waals surface area (Å²) in [4.78, 5) is 13.6. The molecule has 3 heterocycles. The first-order valence-electron chi connectivity index (χ1n) is 4.07. The number of ketones is 1. The van der Waals surface area contributed by atoms with Crippen molar-refractivity contribution >= 4 is 5.78 Å². The molecule has 3 fully saturated rings. The molecule has 3 aliphatic heterocycles. The van der Waals surface area contributed by atoms with E-state index in [0.29, 0.717) is 11.7 Å². The maximum atomic E-state index is 11.3. The van der Waals surface area contributed by atoms with Crippen LogP contribution < -0.4 is 0 Å². The third kappa shape index (κ3) is 0.717. The van der Waals surface area contributed by atoms with E-state index in [1.807, 2.05) is 6.92 Å². The van der Waals surface area contributed by atoms with E-state index in [4.69, 9.17) is 0 Å². The molecule has 2 nitrogen and oxygen atoms in total. The molecule has 0 radical (unpaired) electrons. The van der Waals surface area contributed by atoms with Gasteiger partial charge in [-0.2, -0.15) is 0 Å². The van der Waals surface area contributed by atoms with Crippen molar-refractivity contribution in [1.29, 1.82) is 0 Å². The second-order valence-corrected chi connectivity index (χ2v) is 3.39. The monoisotopic (exact) mass is 139 g/mol. The summed E-state index contributed by atoms with van der Waals surface area (Å²) in [5, 5.41) is 0. The third-order valence-electron chi connectivity index (χ3n) is 2.89. The summed E-state index contributed by atoms with van der Waals surface area (Å²) in [6.07, 6.45) is 2.23. The van der Waals surface area contributed by atoms with Crippen molar-refractivity contribution in [3.63, 3.8) is 0 Å². The van der Waals surface area contributed by atoms with Crippen LogP contribution in [0.15, 0.2) is 0 Å². The lowest BCUT2D eigenvalue weighted by atomic mass is 9.83. The van der Waals surface area contributed by atoms with Crippen molar-refractivity contribution in [3.05, 3.63) is 0 Å². The molecule has 3 aliphatic rings. The zero-order chi connectivity index (χ0) is 7.14. The fourth-order valence-corrected chi connectivity index (χ4v) is 2.09. The van der Waals surface area contributed by atoms with E-state index >= 15 is 0 Å². The summed E-state index contributed by atoms with van der Waals surface area (Å²) in [5.74, 6) is 0.900. The smallest absolute Gasteiger partial charge is 0.152 e. The van der Waals surface area contributed by atoms with Gasteiger partial charge in [0.2, 0.25) is 0 Å². The SMILES string of the molecule is C[C@H]1C(=O)C2CCN1CC2. The summed E-state index contributed by atoms with van der Waals surface area (Å²) in [6.45, 7) is 4.34. The van der Waals surface area contributed by atoms with Gasteiger partial charge in [0.05, 0.1) is 6.04 Å². The van der Waals surface area contributed by atoms with E-state index < -0.39 is 0 Å². The number of piperidine rings is 3. The first-order valence-corrected chi connectivity index (χ1v) is 4.07. The van der Waals surface area contributed by atoms with Crippen molar-refractivity contribution < 1.29 is 4.79 Å². The molecule has 0 aliphatic carbocycles. The Morgan fingerprint density at radius 2 is 2.00 bits per heavy atom. The summed E-state index contributed by atoms with van der Waals surface area (Å²) < 4.78 is 0. The molecule has 10 heavy (non-hydrogen) atoms. The number of rotatable bonds is 0. The Hall–Kier alpha value is -0.370. The Morgan fingerprint density at radius 3 is 2.30 bits per heavy atom. The number of hydrogen-bond donors (Lipinski definition) is 0. The van der Waals surface area contributed by atoms with Crippen molar-refractivity contribution in [3.8, 4) is 0 Å². The minimum Gasteiger partial charge on any atom is -0.298 e. The summed E-state index contributed by atoms with van der Waals surface area (Å²) in [6, 6.07) is 0.229. The minimum absolute atomic E-state index is 0.229. The highest BCUT2D eigenvalue weighted by molar-refractivity contribution is 5.87. The van der Waals surface area contributed by atoms with Crippen LogP contribution in [0.5, 0.6) is 0 Å². The summed E-state index contributed by atoms with van der Waals surface area (Å²) in [5.41, 5.74) is 0. The average molecular weight is 139 g/mol. The number of Topliss-reactive ketones (excluding diaryl/α,β-unsaturated/α-hetero) is 1. The van der Waals surface area contributed by atoms with E-state index in [1.165, 1.54) is 0 Å². The molecule has 0 aromatic rings. The summed E-state index contributed by atoms with van der Waals surface area (Å²) >= 11 is 0. The van der Waals surface area contributed by atoms with Gasteiger partial charge in [0.25, 0.3) is 0 Å². The molecule has 3 rings (SSSR count). The van der Waals surface area contributed by atoms with E-state index in [9.17, 15) is 4.79 Å². The second-order valence-electron chi connectivity index (χ2n) is 3.39. The van der Waals surface area contributed by atoms with Gasteiger partial charge in [-0.15, -0.1) is 0 Å². The second kappa shape index (κ2) is 2.06. The highest BCUT2D eigenvalue weighted by Crippen LogP contribution is 2.28. The highest BCUT2D eigenvalue weighted by atomic mass is 16.1. The van der Waals surface area contributed by atoms with Crippen molar-refractivity contribution in [1.82, 2.24) is 4.90 Å². The van der Waals surface area contributed by atoms with Gasteiger partial charge in [-0.1, -0.05) is 0 Å². The van der Waals surface area contributed by atoms with Crippen LogP contribution in [-0.2, 0) is 4.79 Å². The molecule has 56 valence electrons. The van der Waals surface area contributed by atoms with E-state index in [0.717, 1.165) is 25.9 Å². The molecule has 2 bridgehead atoms. The van der Waals surface area contributed by atoms with Gasteiger partial charge in [-0.05, 0) is 32.9 Å². The normalized spacial score (nSPS) is 46.1. The Bertz CT molecular complexity index is 155. The first-order chi connectivity index (χ1) is 4.79. The number of carbonyl (C=O) groups excluding carboxylic acids is 1. The topological polar surface area (TPSA) is 20.3 Å². The number of carbonyl (C=O) groups is 1. The molecule has 0 unspecified atom stereocenters. The van der Waals surface area contributed by atoms with Gasteiger partial charge >= 0.3 is 0 Å². The lowest BCUT2D eigenvalue weighted by Gasteiger charge is -2.42. The predicted octanol–water partition coefficient (Wildman–Crippen LogP) is 0.670. The van der Waals surface area contributed by atoms with Gasteiger partial charge < -0.3 is 0 Å². The number of nitrogens with zero attached hydrogens (tertiary/aromatic N) is 1. The highest BCUT2D eigenvalue weighted by Gasteiger charge is 2.37. The molecule has 0 aromatic carbocycles. The van der Waals surface area contributed by atoms with E-state index in [-0.39, 0.29) is 6.04 Å². The Labute approximate surface area is 61.2 Å². The minimum atomic E-state index is 0.229. The van der Waals surface area contributed by atoms with E-state index in [1.54, 1.807) is 0 Å². The maximum Gasteiger partial charge on any atom is 0.152 e. The van der Waals surface area contributed by atoms with Gasteiger partial charge in [0.1, 0.15) is 0 Å². The van der Waals surface area contributed by atoms with Crippen molar-refractivity contribution in [2.75, 3.05) is 13.1 Å². The zero-order valence-corrected chi connectivity index (χ0v) is 6.34. The van der Waals surface area contributed by atoms with Crippen molar-refractivity contribution in [2.45, 2.75) is 25.8 Å². The van der Waals surface area contributed by atoms with Gasteiger partial charge in [0, 0.05) is 5.92 Å². The van der Waals surface area contributed by atoms with Crippen LogP contribution in [0, 0.1) is 5.92 Å². The predicted molar refractivity (Wildman–Crippen MR) is 38.8 cm³/mol. The van der Waals surface area contributed by atoms with Gasteiger partial charge in [-0.25, -0.2) is 0 Å². The molecule has 1 atom stereocenters. The van der Waals surface area contributed by atoms with E-state index in [2.05, 4.69) is 4.90 Å². The Kier molecular flexibility index (Phi) is 1.31. The standard InChI is InChI=1S/C8H13NO/c1-6-8(10)7-2-4-9(6)5-3-7/h6-7H,2-5H2,1H3/t6-/m0/s1. The lowest BCUT2D eigenvalue weighted by Crippen LogP contribution is -2.53. The molecular formula is C8H13NO. The van der Waals surface area contributed by atoms with Crippen LogP contribution in [-0.4, -0.2) is 29.8 Å². The van der Waals surface area contributed by atoms with Crippen molar-refractivity contribution in [2.24, 2.45) is 5.92 Å². The molecule has 0 amide bonds. The number of fused-ring (bicyclic) bond motifs is 3. The number of hydrogen-bond acceptors (Lipinski definition) is 2. The fraction of sp³-hybridized carbons (Fsp3) is 0.875. The van der Waals surface area contributed by atoms with Crippen LogP contribution >= 0.6 is 0 Å². The molecular weight excluding hydrogens is 126 g/mol. The summed E-state index contributed by atoms with van der Waals surface area (Å²) in [7, 11) is 0. The van der Waals surface area contributed by atoms with Crippen LogP contribution in [0.4, 0.5) is 0 Å². The largest absolute Gasteiger partial charge is 0.298 e. The Balaban J connectivity index is 2.20. The van der Waals surface area contributed by atoms with Crippen LogP contribution in [0.3, 0.4) is 0 Å². The van der Waals surface area contributed by atoms with Gasteiger partial charge in [0.15, 0.2) is 5.78 Å². The molecule has 0 saturated carbocycles. The maximum absolute atomic E-state index is 11.3. The molecule has 0 N–H and O–H groups in total. The molecule has 3 saturated heterocycles. The average Bonchev–Trinajstić information content (AvgIpc) is 2.00. The van der Waals surface area contributed by atoms with Crippen LogP contribution in [0.1, 0.15) is 19.8 Å².